The van der Waals surface area contributed by atoms with E-state index in [2.05, 4.69) is 19.9 Å². The molecule has 0 saturated heterocycles. The lowest BCUT2D eigenvalue weighted by molar-refractivity contribution is 0.0508. The number of ether oxygens (including phenoxy) is 1. The van der Waals surface area contributed by atoms with E-state index in [1.165, 1.54) is 63.4 Å². The summed E-state index contributed by atoms with van der Waals surface area (Å²) >= 11 is 0. The highest BCUT2D eigenvalue weighted by Crippen LogP contribution is 2.17. The molecule has 0 amide bonds. The van der Waals surface area contributed by atoms with Crippen molar-refractivity contribution in [2.75, 3.05) is 6.61 Å². The van der Waals surface area contributed by atoms with Crippen LogP contribution in [0, 0.1) is 0 Å². The molecule has 2 nitrogen and oxygen atoms in total. The third-order valence-electron chi connectivity index (χ3n) is 4.76. The second kappa shape index (κ2) is 15.7. The van der Waals surface area contributed by atoms with Gasteiger partial charge < -0.3 is 4.74 Å². The van der Waals surface area contributed by atoms with Gasteiger partial charge in [0.2, 0.25) is 0 Å². The second-order valence-corrected chi connectivity index (χ2v) is 7.13. The number of allylic oxidation sites excluding steroid dienone is 1. The Morgan fingerprint density at radius 1 is 0.846 bits per heavy atom. The van der Waals surface area contributed by atoms with Crippen LogP contribution in [0.5, 0.6) is 0 Å². The van der Waals surface area contributed by atoms with Gasteiger partial charge in [0, 0.05) is 6.42 Å². The molecule has 0 aliphatic rings. The minimum absolute atomic E-state index is 0.213. The van der Waals surface area contributed by atoms with E-state index in [0.29, 0.717) is 12.2 Å². The van der Waals surface area contributed by atoms with E-state index in [9.17, 15) is 4.79 Å². The Hall–Kier alpha value is -1.57. The quantitative estimate of drug-likeness (QED) is 0.184. The maximum absolute atomic E-state index is 12.0. The first kappa shape index (κ1) is 22.5. The Labute approximate surface area is 161 Å². The van der Waals surface area contributed by atoms with Gasteiger partial charge in [0.1, 0.15) is 0 Å². The average molecular weight is 359 g/mol. The molecule has 1 aromatic rings. The zero-order valence-electron chi connectivity index (χ0n) is 17.0. The van der Waals surface area contributed by atoms with Gasteiger partial charge in [0.05, 0.1) is 12.2 Å². The summed E-state index contributed by atoms with van der Waals surface area (Å²) in [5.41, 5.74) is 2.11. The minimum Gasteiger partial charge on any atom is -0.462 e. The van der Waals surface area contributed by atoms with Crippen molar-refractivity contribution in [1.82, 2.24) is 0 Å². The smallest absolute Gasteiger partial charge is 0.338 e. The molecule has 0 heterocycles. The Bertz CT molecular complexity index is 490. The average Bonchev–Trinajstić information content (AvgIpc) is 2.68. The molecule has 0 saturated carbocycles. The lowest BCUT2D eigenvalue weighted by Crippen LogP contribution is -2.07. The van der Waals surface area contributed by atoms with E-state index >= 15 is 0 Å². The van der Waals surface area contributed by atoms with Crippen LogP contribution in [0.2, 0.25) is 0 Å². The Morgan fingerprint density at radius 2 is 1.50 bits per heavy atom. The van der Waals surface area contributed by atoms with Crippen LogP contribution in [-0.2, 0) is 4.74 Å². The molecule has 146 valence electrons. The largest absolute Gasteiger partial charge is 0.462 e. The number of esters is 1. The van der Waals surface area contributed by atoms with E-state index in [4.69, 9.17) is 4.74 Å². The maximum atomic E-state index is 12.0. The van der Waals surface area contributed by atoms with E-state index in [0.717, 1.165) is 19.3 Å². The van der Waals surface area contributed by atoms with Gasteiger partial charge in [-0.2, -0.15) is 0 Å². The lowest BCUT2D eigenvalue weighted by Gasteiger charge is -2.10. The van der Waals surface area contributed by atoms with E-state index in [1.807, 2.05) is 18.2 Å². The van der Waals surface area contributed by atoms with Gasteiger partial charge in [-0.3, -0.25) is 0 Å². The van der Waals surface area contributed by atoms with Gasteiger partial charge >= 0.3 is 5.97 Å². The SMILES string of the molecule is CCCCCC=C(CCCCCCCC)CCOC(=O)c1ccccc1. The molecule has 0 spiro atoms. The maximum Gasteiger partial charge on any atom is 0.338 e. The van der Waals surface area contributed by atoms with Gasteiger partial charge in [-0.25, -0.2) is 4.79 Å². The summed E-state index contributed by atoms with van der Waals surface area (Å²) in [7, 11) is 0. The molecule has 0 aliphatic heterocycles. The van der Waals surface area contributed by atoms with Crippen molar-refractivity contribution < 1.29 is 9.53 Å². The fourth-order valence-corrected chi connectivity index (χ4v) is 3.09. The van der Waals surface area contributed by atoms with Gasteiger partial charge in [0.15, 0.2) is 0 Å². The molecule has 0 bridgehead atoms. The van der Waals surface area contributed by atoms with Crippen LogP contribution in [-0.4, -0.2) is 12.6 Å². The zero-order chi connectivity index (χ0) is 18.9. The summed E-state index contributed by atoms with van der Waals surface area (Å²) in [5, 5.41) is 0. The molecule has 0 N–H and O–H groups in total. The van der Waals surface area contributed by atoms with Crippen LogP contribution in [0.3, 0.4) is 0 Å². The number of hydrogen-bond acceptors (Lipinski definition) is 2. The molecule has 0 unspecified atom stereocenters. The van der Waals surface area contributed by atoms with E-state index in [-0.39, 0.29) is 5.97 Å². The predicted molar refractivity (Wildman–Crippen MR) is 112 cm³/mol. The molecule has 0 radical (unpaired) electrons. The fraction of sp³-hybridized carbons (Fsp3) is 0.625. The zero-order valence-corrected chi connectivity index (χ0v) is 17.0. The Balaban J connectivity index is 2.34. The number of rotatable bonds is 15. The van der Waals surface area contributed by atoms with Crippen LogP contribution in [0.1, 0.15) is 101 Å². The first-order valence-electron chi connectivity index (χ1n) is 10.7. The summed E-state index contributed by atoms with van der Waals surface area (Å²) in [6.07, 6.45) is 17.3. The molecular formula is C24H38O2. The molecular weight excluding hydrogens is 320 g/mol. The van der Waals surface area contributed by atoms with Crippen LogP contribution < -0.4 is 0 Å². The molecule has 2 heteroatoms. The van der Waals surface area contributed by atoms with Crippen molar-refractivity contribution in [3.63, 3.8) is 0 Å². The number of hydrogen-bond donors (Lipinski definition) is 0. The summed E-state index contributed by atoms with van der Waals surface area (Å²) in [6.45, 7) is 4.99. The van der Waals surface area contributed by atoms with Gasteiger partial charge in [0.25, 0.3) is 0 Å². The summed E-state index contributed by atoms with van der Waals surface area (Å²) in [4.78, 5) is 12.0. The van der Waals surface area contributed by atoms with Crippen molar-refractivity contribution in [3.05, 3.63) is 47.5 Å². The van der Waals surface area contributed by atoms with Crippen LogP contribution in [0.4, 0.5) is 0 Å². The van der Waals surface area contributed by atoms with E-state index < -0.39 is 0 Å². The number of benzene rings is 1. The summed E-state index contributed by atoms with van der Waals surface area (Å²) in [5.74, 6) is -0.213. The second-order valence-electron chi connectivity index (χ2n) is 7.13. The molecule has 0 fully saturated rings. The lowest BCUT2D eigenvalue weighted by atomic mass is 10.0. The fourth-order valence-electron chi connectivity index (χ4n) is 3.09. The van der Waals surface area contributed by atoms with Crippen molar-refractivity contribution >= 4 is 5.97 Å². The molecule has 26 heavy (non-hydrogen) atoms. The van der Waals surface area contributed by atoms with Crippen LogP contribution in [0.15, 0.2) is 42.0 Å². The highest BCUT2D eigenvalue weighted by molar-refractivity contribution is 5.89. The number of unbranched alkanes of at least 4 members (excludes halogenated alkanes) is 8. The topological polar surface area (TPSA) is 26.3 Å². The Kier molecular flexibility index (Phi) is 13.5. The molecule has 1 rings (SSSR count). The third-order valence-corrected chi connectivity index (χ3v) is 4.76. The Morgan fingerprint density at radius 3 is 2.23 bits per heavy atom. The third kappa shape index (κ3) is 11.1. The highest BCUT2D eigenvalue weighted by Gasteiger charge is 2.06. The van der Waals surface area contributed by atoms with Crippen molar-refractivity contribution in [1.29, 1.82) is 0 Å². The molecule has 0 atom stereocenters. The van der Waals surface area contributed by atoms with E-state index in [1.54, 1.807) is 12.1 Å². The normalized spacial score (nSPS) is 11.5. The van der Waals surface area contributed by atoms with Gasteiger partial charge in [-0.05, 0) is 37.8 Å². The predicted octanol–water partition coefficient (Wildman–Crippen LogP) is 7.49. The molecule has 0 aromatic heterocycles. The van der Waals surface area contributed by atoms with Crippen molar-refractivity contribution in [3.8, 4) is 0 Å². The van der Waals surface area contributed by atoms with Crippen LogP contribution >= 0.6 is 0 Å². The first-order valence-corrected chi connectivity index (χ1v) is 10.7. The molecule has 0 aliphatic carbocycles. The molecule has 1 aromatic carbocycles. The highest BCUT2D eigenvalue weighted by atomic mass is 16.5. The first-order chi connectivity index (χ1) is 12.8. The standard InChI is InChI=1S/C24H38O2/c1-3-5-7-9-10-13-17-22(16-12-8-6-4-2)20-21-26-24(25)23-18-14-11-15-19-23/h11,14-16,18-19H,3-10,12-13,17,20-21H2,1-2H3. The number of carbonyl (C=O) groups excluding carboxylic acids is 1. The van der Waals surface area contributed by atoms with Crippen molar-refractivity contribution in [2.45, 2.75) is 90.9 Å². The van der Waals surface area contributed by atoms with Gasteiger partial charge in [-0.1, -0.05) is 88.6 Å². The summed E-state index contributed by atoms with van der Waals surface area (Å²) < 4.78 is 5.47. The number of carbonyl (C=O) groups is 1. The van der Waals surface area contributed by atoms with Crippen LogP contribution in [0.25, 0.3) is 0 Å². The van der Waals surface area contributed by atoms with Crippen molar-refractivity contribution in [2.24, 2.45) is 0 Å². The minimum atomic E-state index is -0.213. The van der Waals surface area contributed by atoms with Gasteiger partial charge in [-0.15, -0.1) is 0 Å². The summed E-state index contributed by atoms with van der Waals surface area (Å²) in [6, 6.07) is 9.26. The monoisotopic (exact) mass is 358 g/mol.